The first-order chi connectivity index (χ1) is 9.95. The van der Waals surface area contributed by atoms with Crippen LogP contribution in [0.25, 0.3) is 0 Å². The van der Waals surface area contributed by atoms with E-state index >= 15 is 0 Å². The van der Waals surface area contributed by atoms with E-state index in [0.29, 0.717) is 15.8 Å². The number of benzene rings is 2. The molecule has 0 aliphatic heterocycles. The van der Waals surface area contributed by atoms with Crippen LogP contribution in [0.3, 0.4) is 0 Å². The highest BCUT2D eigenvalue weighted by atomic mass is 79.9. The van der Waals surface area contributed by atoms with E-state index in [1.165, 1.54) is 6.07 Å². The molecule has 0 saturated heterocycles. The molecule has 0 saturated carbocycles. The van der Waals surface area contributed by atoms with Crippen LogP contribution in [0.1, 0.15) is 5.56 Å². The van der Waals surface area contributed by atoms with E-state index in [2.05, 4.69) is 42.5 Å². The Bertz CT molecular complexity index is 677. The first kappa shape index (κ1) is 16.0. The molecule has 0 aromatic heterocycles. The van der Waals surface area contributed by atoms with Crippen LogP contribution in [0.5, 0.6) is 0 Å². The zero-order valence-electron chi connectivity index (χ0n) is 11.2. The summed E-state index contributed by atoms with van der Waals surface area (Å²) in [6.07, 6.45) is 0. The summed E-state index contributed by atoms with van der Waals surface area (Å²) in [7, 11) is 0. The summed E-state index contributed by atoms with van der Waals surface area (Å²) in [6.45, 7) is 1.88. The van der Waals surface area contributed by atoms with E-state index in [1.54, 1.807) is 13.0 Å². The average molecular weight is 416 g/mol. The first-order valence-electron chi connectivity index (χ1n) is 6.20. The standard InChI is InChI=1S/C15H13Br2FN2O/c1-9-5-13(18)12(17)7-14(9)19-8-15(21)20-11-4-2-3-10(16)6-11/h2-7,19H,8H2,1H3,(H,20,21). The van der Waals surface area contributed by atoms with Crippen molar-refractivity contribution in [2.75, 3.05) is 17.2 Å². The Morgan fingerprint density at radius 3 is 2.71 bits per heavy atom. The van der Waals surface area contributed by atoms with Gasteiger partial charge >= 0.3 is 0 Å². The smallest absolute Gasteiger partial charge is 0.243 e. The summed E-state index contributed by atoms with van der Waals surface area (Å²) in [5, 5.41) is 5.78. The SMILES string of the molecule is Cc1cc(F)c(Br)cc1NCC(=O)Nc1cccc(Br)c1. The summed E-state index contributed by atoms with van der Waals surface area (Å²) in [5.74, 6) is -0.496. The molecule has 0 atom stereocenters. The lowest BCUT2D eigenvalue weighted by Crippen LogP contribution is -2.22. The van der Waals surface area contributed by atoms with Crippen molar-refractivity contribution in [3.05, 3.63) is 56.7 Å². The Hall–Kier alpha value is -1.40. The molecule has 0 fully saturated rings. The van der Waals surface area contributed by atoms with Crippen molar-refractivity contribution in [2.24, 2.45) is 0 Å². The van der Waals surface area contributed by atoms with E-state index < -0.39 is 0 Å². The van der Waals surface area contributed by atoms with Crippen molar-refractivity contribution < 1.29 is 9.18 Å². The molecule has 21 heavy (non-hydrogen) atoms. The molecule has 6 heteroatoms. The van der Waals surface area contributed by atoms with Crippen molar-refractivity contribution in [3.8, 4) is 0 Å². The molecule has 3 nitrogen and oxygen atoms in total. The van der Waals surface area contributed by atoms with E-state index in [0.717, 1.165) is 10.0 Å². The maximum absolute atomic E-state index is 13.3. The fourth-order valence-electron chi connectivity index (χ4n) is 1.78. The van der Waals surface area contributed by atoms with Crippen LogP contribution < -0.4 is 10.6 Å². The van der Waals surface area contributed by atoms with Crippen LogP contribution in [-0.2, 0) is 4.79 Å². The van der Waals surface area contributed by atoms with E-state index in [4.69, 9.17) is 0 Å². The number of carbonyl (C=O) groups is 1. The zero-order chi connectivity index (χ0) is 15.4. The number of carbonyl (C=O) groups excluding carboxylic acids is 1. The van der Waals surface area contributed by atoms with Crippen LogP contribution in [0.2, 0.25) is 0 Å². The summed E-state index contributed by atoms with van der Waals surface area (Å²) < 4.78 is 14.6. The topological polar surface area (TPSA) is 41.1 Å². The van der Waals surface area contributed by atoms with Gasteiger partial charge in [-0.1, -0.05) is 22.0 Å². The highest BCUT2D eigenvalue weighted by molar-refractivity contribution is 9.10. The van der Waals surface area contributed by atoms with Gasteiger partial charge in [0.1, 0.15) is 5.82 Å². The third-order valence-corrected chi connectivity index (χ3v) is 3.92. The fraction of sp³-hybridized carbons (Fsp3) is 0.133. The molecule has 0 radical (unpaired) electrons. The highest BCUT2D eigenvalue weighted by Crippen LogP contribution is 2.24. The van der Waals surface area contributed by atoms with Crippen LogP contribution in [0.4, 0.5) is 15.8 Å². The van der Waals surface area contributed by atoms with E-state index in [-0.39, 0.29) is 18.3 Å². The van der Waals surface area contributed by atoms with Crippen LogP contribution in [-0.4, -0.2) is 12.5 Å². The molecular weight excluding hydrogens is 403 g/mol. The average Bonchev–Trinajstić information content (AvgIpc) is 2.41. The number of nitrogens with one attached hydrogen (secondary N) is 2. The molecule has 110 valence electrons. The maximum atomic E-state index is 13.3. The van der Waals surface area contributed by atoms with E-state index in [1.807, 2.05) is 24.3 Å². The predicted octanol–water partition coefficient (Wildman–Crippen LogP) is 4.71. The van der Waals surface area contributed by atoms with Crippen molar-refractivity contribution in [1.29, 1.82) is 0 Å². The molecule has 0 aliphatic carbocycles. The minimum Gasteiger partial charge on any atom is -0.376 e. The number of aryl methyl sites for hydroxylation is 1. The van der Waals surface area contributed by atoms with Gasteiger partial charge in [0.25, 0.3) is 0 Å². The minimum atomic E-state index is -0.323. The molecule has 2 aromatic carbocycles. The van der Waals surface area contributed by atoms with Gasteiger partial charge in [-0.25, -0.2) is 4.39 Å². The summed E-state index contributed by atoms with van der Waals surface area (Å²) in [4.78, 5) is 11.9. The molecule has 0 bridgehead atoms. The van der Waals surface area contributed by atoms with Gasteiger partial charge in [0.2, 0.25) is 5.91 Å². The number of hydrogen-bond acceptors (Lipinski definition) is 2. The number of halogens is 3. The van der Waals surface area contributed by atoms with E-state index in [9.17, 15) is 9.18 Å². The van der Waals surface area contributed by atoms with Gasteiger partial charge in [0, 0.05) is 15.8 Å². The van der Waals surface area contributed by atoms with Gasteiger partial charge < -0.3 is 10.6 Å². The number of anilines is 2. The van der Waals surface area contributed by atoms with Gasteiger partial charge in [0.05, 0.1) is 11.0 Å². The molecule has 2 aromatic rings. The fourth-order valence-corrected chi connectivity index (χ4v) is 2.53. The lowest BCUT2D eigenvalue weighted by molar-refractivity contribution is -0.114. The number of hydrogen-bond donors (Lipinski definition) is 2. The van der Waals surface area contributed by atoms with Crippen molar-refractivity contribution in [2.45, 2.75) is 6.92 Å². The molecular formula is C15H13Br2FN2O. The normalized spacial score (nSPS) is 10.3. The van der Waals surface area contributed by atoms with Crippen LogP contribution in [0, 0.1) is 12.7 Å². The predicted molar refractivity (Wildman–Crippen MR) is 90.1 cm³/mol. The van der Waals surface area contributed by atoms with Crippen molar-refractivity contribution in [1.82, 2.24) is 0 Å². The quantitative estimate of drug-likeness (QED) is 0.759. The zero-order valence-corrected chi connectivity index (χ0v) is 14.4. The Balaban J connectivity index is 1.97. The summed E-state index contributed by atoms with van der Waals surface area (Å²) in [5.41, 5.74) is 2.17. The van der Waals surface area contributed by atoms with Gasteiger partial charge in [-0.2, -0.15) is 0 Å². The van der Waals surface area contributed by atoms with Gasteiger partial charge in [-0.3, -0.25) is 4.79 Å². The van der Waals surface area contributed by atoms with Gasteiger partial charge in [-0.15, -0.1) is 0 Å². The second kappa shape index (κ2) is 7.04. The molecule has 0 heterocycles. The van der Waals surface area contributed by atoms with Crippen molar-refractivity contribution >= 4 is 49.1 Å². The summed E-state index contributed by atoms with van der Waals surface area (Å²) >= 11 is 6.47. The third kappa shape index (κ3) is 4.54. The Morgan fingerprint density at radius 1 is 1.24 bits per heavy atom. The second-order valence-electron chi connectivity index (χ2n) is 4.49. The molecule has 1 amide bonds. The number of rotatable bonds is 4. The largest absolute Gasteiger partial charge is 0.376 e. The third-order valence-electron chi connectivity index (χ3n) is 2.82. The molecule has 0 unspecified atom stereocenters. The first-order valence-corrected chi connectivity index (χ1v) is 7.79. The van der Waals surface area contributed by atoms with Crippen LogP contribution >= 0.6 is 31.9 Å². The molecule has 2 rings (SSSR count). The Kier molecular flexibility index (Phi) is 5.36. The minimum absolute atomic E-state index is 0.103. The van der Waals surface area contributed by atoms with Gasteiger partial charge in [0.15, 0.2) is 0 Å². The monoisotopic (exact) mass is 414 g/mol. The summed E-state index contributed by atoms with van der Waals surface area (Å²) in [6, 6.07) is 10.4. The number of amides is 1. The maximum Gasteiger partial charge on any atom is 0.243 e. The Labute approximate surface area is 139 Å². The highest BCUT2D eigenvalue weighted by Gasteiger charge is 2.07. The Morgan fingerprint density at radius 2 is 2.00 bits per heavy atom. The molecule has 0 aliphatic rings. The molecule has 2 N–H and O–H groups in total. The lowest BCUT2D eigenvalue weighted by Gasteiger charge is -2.11. The molecule has 0 spiro atoms. The van der Waals surface area contributed by atoms with Gasteiger partial charge in [-0.05, 0) is 58.7 Å². The lowest BCUT2D eigenvalue weighted by atomic mass is 10.2. The van der Waals surface area contributed by atoms with Crippen LogP contribution in [0.15, 0.2) is 45.3 Å². The second-order valence-corrected chi connectivity index (χ2v) is 6.26. The van der Waals surface area contributed by atoms with Crippen molar-refractivity contribution in [3.63, 3.8) is 0 Å².